The van der Waals surface area contributed by atoms with Crippen LogP contribution in [0.2, 0.25) is 0 Å². The van der Waals surface area contributed by atoms with E-state index in [1.165, 1.54) is 4.88 Å². The quantitative estimate of drug-likeness (QED) is 0.333. The summed E-state index contributed by atoms with van der Waals surface area (Å²) in [5, 5.41) is 3.54. The van der Waals surface area contributed by atoms with Crippen LogP contribution in [0.4, 0.5) is 10.5 Å². The molecule has 42 heavy (non-hydrogen) atoms. The van der Waals surface area contributed by atoms with Gasteiger partial charge in [0.2, 0.25) is 5.91 Å². The van der Waals surface area contributed by atoms with Gasteiger partial charge in [-0.1, -0.05) is 18.2 Å². The summed E-state index contributed by atoms with van der Waals surface area (Å²) in [4.78, 5) is 56.9. The minimum atomic E-state index is -0.435. The topological polar surface area (TPSA) is 91.7 Å². The lowest BCUT2D eigenvalue weighted by Gasteiger charge is -2.27. The van der Waals surface area contributed by atoms with Gasteiger partial charge in [0, 0.05) is 35.0 Å². The van der Waals surface area contributed by atoms with Crippen LogP contribution in [0.1, 0.15) is 69.9 Å². The molecule has 6 rings (SSSR count). The van der Waals surface area contributed by atoms with Crippen molar-refractivity contribution in [1.82, 2.24) is 14.4 Å². The highest BCUT2D eigenvalue weighted by Crippen LogP contribution is 2.40. The second kappa shape index (κ2) is 11.9. The van der Waals surface area contributed by atoms with Crippen molar-refractivity contribution in [3.05, 3.63) is 74.3 Å². The van der Waals surface area contributed by atoms with E-state index in [-0.39, 0.29) is 18.4 Å². The van der Waals surface area contributed by atoms with Crippen molar-refractivity contribution in [3.8, 4) is 5.00 Å². The number of carbonyl (C=O) groups excluding carboxylic acids is 4. The summed E-state index contributed by atoms with van der Waals surface area (Å²) >= 11 is 2.54. The molecule has 8 nitrogen and oxygen atoms in total. The highest BCUT2D eigenvalue weighted by atomic mass is 32.2. The van der Waals surface area contributed by atoms with Crippen LogP contribution < -0.4 is 5.32 Å². The minimum absolute atomic E-state index is 0.121. The maximum atomic E-state index is 13.7. The molecule has 1 N–H and O–H groups in total. The van der Waals surface area contributed by atoms with Gasteiger partial charge in [0.05, 0.1) is 10.5 Å². The number of para-hydroxylation sites is 1. The predicted octanol–water partition coefficient (Wildman–Crippen LogP) is 6.34. The molecule has 4 heterocycles. The molecule has 0 atom stereocenters. The Morgan fingerprint density at radius 1 is 0.976 bits per heavy atom. The van der Waals surface area contributed by atoms with Crippen molar-refractivity contribution in [2.75, 3.05) is 25.0 Å². The van der Waals surface area contributed by atoms with E-state index in [0.717, 1.165) is 94.8 Å². The lowest BCUT2D eigenvalue weighted by molar-refractivity contribution is -0.136. The molecule has 2 aliphatic heterocycles. The maximum absolute atomic E-state index is 13.7. The number of imide groups is 1. The number of piperidine rings is 1. The van der Waals surface area contributed by atoms with Crippen LogP contribution in [-0.4, -0.2) is 57.0 Å². The Balaban J connectivity index is 1.30. The molecule has 1 aliphatic carbocycles. The van der Waals surface area contributed by atoms with Crippen molar-refractivity contribution in [2.45, 2.75) is 58.8 Å². The molecule has 2 aromatic heterocycles. The smallest absolute Gasteiger partial charge is 0.294 e. The largest absolute Gasteiger partial charge is 0.341 e. The number of thiophene rings is 1. The van der Waals surface area contributed by atoms with Crippen LogP contribution in [0.3, 0.4) is 0 Å². The van der Waals surface area contributed by atoms with Gasteiger partial charge in [-0.05, 0) is 106 Å². The molecular formula is C32H34N4O4S2. The molecule has 3 aliphatic rings. The van der Waals surface area contributed by atoms with Gasteiger partial charge in [0.15, 0.2) is 0 Å². The van der Waals surface area contributed by atoms with Gasteiger partial charge >= 0.3 is 0 Å². The third kappa shape index (κ3) is 5.45. The molecule has 0 spiro atoms. The van der Waals surface area contributed by atoms with Gasteiger partial charge in [-0.15, -0.1) is 11.3 Å². The van der Waals surface area contributed by atoms with Crippen molar-refractivity contribution in [2.24, 2.45) is 0 Å². The number of carbonyl (C=O) groups is 4. The number of nitrogens with one attached hydrogen (secondary N) is 1. The number of aryl methyl sites for hydroxylation is 2. The SMILES string of the molecule is Cc1cc(/C=C2\SC(=O)N(CC(=O)N3CCCCC3)C2=O)c(C)n1-c1sc2c(c1C(=O)Nc1ccccc1)CCCC2. The van der Waals surface area contributed by atoms with Gasteiger partial charge in [0.25, 0.3) is 17.1 Å². The summed E-state index contributed by atoms with van der Waals surface area (Å²) in [5.74, 6) is -0.738. The third-order valence-corrected chi connectivity index (χ3v) is 10.4. The Hall–Kier alpha value is -3.63. The molecule has 2 saturated heterocycles. The van der Waals surface area contributed by atoms with E-state index in [0.29, 0.717) is 23.6 Å². The number of thioether (sulfide) groups is 1. The van der Waals surface area contributed by atoms with E-state index in [2.05, 4.69) is 9.88 Å². The lowest BCUT2D eigenvalue weighted by Crippen LogP contribution is -2.44. The number of anilines is 1. The number of aromatic nitrogens is 1. The standard InChI is InChI=1S/C32H34N4O4S2/c1-20-17-22(18-26-30(39)35(32(40)42-26)19-27(37)34-15-9-4-10-16-34)21(2)36(20)31-28(24-13-7-8-14-25(24)41-31)29(38)33-23-11-5-3-6-12-23/h3,5-6,11-12,17-18H,4,7-10,13-16,19H2,1-2H3,(H,33,38)/b26-18-. The summed E-state index contributed by atoms with van der Waals surface area (Å²) in [5.41, 5.74) is 5.22. The number of hydrogen-bond acceptors (Lipinski definition) is 6. The first kappa shape index (κ1) is 28.5. The molecule has 3 aromatic rings. The van der Waals surface area contributed by atoms with Crippen LogP contribution in [-0.2, 0) is 22.4 Å². The Kier molecular flexibility index (Phi) is 8.09. The Morgan fingerprint density at radius 3 is 2.48 bits per heavy atom. The molecule has 1 aromatic carbocycles. The number of amides is 4. The van der Waals surface area contributed by atoms with E-state index in [1.54, 1.807) is 22.3 Å². The highest BCUT2D eigenvalue weighted by molar-refractivity contribution is 8.18. The van der Waals surface area contributed by atoms with E-state index in [4.69, 9.17) is 0 Å². The zero-order chi connectivity index (χ0) is 29.4. The predicted molar refractivity (Wildman–Crippen MR) is 167 cm³/mol. The number of fused-ring (bicyclic) bond motifs is 1. The van der Waals surface area contributed by atoms with Gasteiger partial charge < -0.3 is 14.8 Å². The normalized spacial score (nSPS) is 18.1. The molecule has 218 valence electrons. The Labute approximate surface area is 253 Å². The molecule has 2 fully saturated rings. The monoisotopic (exact) mass is 602 g/mol. The van der Waals surface area contributed by atoms with Crippen LogP contribution >= 0.6 is 23.1 Å². The molecular weight excluding hydrogens is 569 g/mol. The molecule has 0 saturated carbocycles. The number of nitrogens with zero attached hydrogens (tertiary/aromatic N) is 3. The van der Waals surface area contributed by atoms with Gasteiger partial charge in [-0.3, -0.25) is 24.1 Å². The fourth-order valence-corrected chi connectivity index (χ4v) is 8.39. The molecule has 0 unspecified atom stereocenters. The fraction of sp³-hybridized carbons (Fsp3) is 0.375. The second-order valence-electron chi connectivity index (χ2n) is 11.1. The summed E-state index contributed by atoms with van der Waals surface area (Å²) in [6.07, 6.45) is 8.74. The third-order valence-electron chi connectivity index (χ3n) is 8.25. The first-order valence-corrected chi connectivity index (χ1v) is 16.2. The lowest BCUT2D eigenvalue weighted by atomic mass is 9.95. The molecule has 0 radical (unpaired) electrons. The van der Waals surface area contributed by atoms with Crippen molar-refractivity contribution >= 4 is 57.8 Å². The van der Waals surface area contributed by atoms with Gasteiger partial charge in [-0.2, -0.15) is 0 Å². The molecule has 4 amide bonds. The number of likely N-dealkylation sites (tertiary alicyclic amines) is 1. The number of hydrogen-bond donors (Lipinski definition) is 1. The summed E-state index contributed by atoms with van der Waals surface area (Å²) in [6.45, 7) is 5.09. The fourth-order valence-electron chi connectivity index (χ4n) is 6.06. The van der Waals surface area contributed by atoms with E-state index in [1.807, 2.05) is 50.2 Å². The first-order valence-electron chi connectivity index (χ1n) is 14.5. The van der Waals surface area contributed by atoms with Crippen LogP contribution in [0.15, 0.2) is 41.3 Å². The highest BCUT2D eigenvalue weighted by Gasteiger charge is 2.37. The van der Waals surface area contributed by atoms with Crippen LogP contribution in [0, 0.1) is 13.8 Å². The van der Waals surface area contributed by atoms with Crippen LogP contribution in [0.25, 0.3) is 11.1 Å². The number of rotatable bonds is 6. The van der Waals surface area contributed by atoms with E-state index >= 15 is 0 Å². The van der Waals surface area contributed by atoms with Crippen molar-refractivity contribution in [1.29, 1.82) is 0 Å². The maximum Gasteiger partial charge on any atom is 0.294 e. The number of benzene rings is 1. The second-order valence-corrected chi connectivity index (χ2v) is 13.2. The van der Waals surface area contributed by atoms with Gasteiger partial charge in [0.1, 0.15) is 11.5 Å². The summed E-state index contributed by atoms with van der Waals surface area (Å²) < 4.78 is 2.10. The average molecular weight is 603 g/mol. The van der Waals surface area contributed by atoms with Crippen molar-refractivity contribution < 1.29 is 19.2 Å². The minimum Gasteiger partial charge on any atom is -0.341 e. The Bertz CT molecular complexity index is 1600. The Morgan fingerprint density at radius 2 is 1.71 bits per heavy atom. The van der Waals surface area contributed by atoms with Gasteiger partial charge in [-0.25, -0.2) is 0 Å². The average Bonchev–Trinajstić information content (AvgIpc) is 3.60. The first-order chi connectivity index (χ1) is 20.3. The van der Waals surface area contributed by atoms with E-state index < -0.39 is 11.1 Å². The zero-order valence-electron chi connectivity index (χ0n) is 23.9. The molecule has 10 heteroatoms. The summed E-state index contributed by atoms with van der Waals surface area (Å²) in [7, 11) is 0. The zero-order valence-corrected chi connectivity index (χ0v) is 25.5. The van der Waals surface area contributed by atoms with Crippen LogP contribution in [0.5, 0.6) is 0 Å². The molecule has 0 bridgehead atoms. The van der Waals surface area contributed by atoms with Crippen molar-refractivity contribution in [3.63, 3.8) is 0 Å². The summed E-state index contributed by atoms with van der Waals surface area (Å²) in [6, 6.07) is 11.5. The van der Waals surface area contributed by atoms with E-state index in [9.17, 15) is 19.2 Å².